The van der Waals surface area contributed by atoms with Gasteiger partial charge in [-0.1, -0.05) is 30.6 Å². The van der Waals surface area contributed by atoms with Crippen LogP contribution in [0.1, 0.15) is 43.1 Å². The number of benzene rings is 1. The molecule has 0 aliphatic heterocycles. The van der Waals surface area contributed by atoms with E-state index in [-0.39, 0.29) is 6.04 Å². The third-order valence-corrected chi connectivity index (χ3v) is 2.90. The first-order chi connectivity index (χ1) is 9.22. The van der Waals surface area contributed by atoms with Gasteiger partial charge in [0.15, 0.2) is 5.82 Å². The van der Waals surface area contributed by atoms with Gasteiger partial charge in [0.1, 0.15) is 5.75 Å². The Morgan fingerprint density at radius 1 is 1.42 bits per heavy atom. The average molecular weight is 261 g/mol. The molecule has 5 heteroatoms. The van der Waals surface area contributed by atoms with Gasteiger partial charge in [-0.2, -0.15) is 4.98 Å². The predicted octanol–water partition coefficient (Wildman–Crippen LogP) is 2.47. The molecule has 0 fully saturated rings. The smallest absolute Gasteiger partial charge is 0.243 e. The van der Waals surface area contributed by atoms with Crippen molar-refractivity contribution in [3.63, 3.8) is 0 Å². The summed E-state index contributed by atoms with van der Waals surface area (Å²) in [5, 5.41) is 3.96. The fraction of sp³-hybridized carbons (Fsp3) is 0.429. The highest BCUT2D eigenvalue weighted by Crippen LogP contribution is 2.17. The van der Waals surface area contributed by atoms with Crippen molar-refractivity contribution in [2.45, 2.75) is 32.2 Å². The molecule has 1 aromatic heterocycles. The van der Waals surface area contributed by atoms with E-state index in [1.807, 2.05) is 24.3 Å². The molecule has 2 aromatic rings. The van der Waals surface area contributed by atoms with Gasteiger partial charge < -0.3 is 15.0 Å². The van der Waals surface area contributed by atoms with Crippen LogP contribution in [0, 0.1) is 0 Å². The normalized spacial score (nSPS) is 12.4. The molecule has 0 spiro atoms. The lowest BCUT2D eigenvalue weighted by atomic mass is 10.1. The maximum atomic E-state index is 5.94. The Labute approximate surface area is 112 Å². The Morgan fingerprint density at radius 3 is 3.00 bits per heavy atom. The molecule has 1 heterocycles. The van der Waals surface area contributed by atoms with Gasteiger partial charge in [0.2, 0.25) is 5.89 Å². The maximum absolute atomic E-state index is 5.94. The summed E-state index contributed by atoms with van der Waals surface area (Å²) in [6.07, 6.45) is 2.45. The molecule has 19 heavy (non-hydrogen) atoms. The summed E-state index contributed by atoms with van der Waals surface area (Å²) in [6, 6.07) is 7.64. The number of aromatic nitrogens is 2. The molecule has 0 saturated heterocycles. The average Bonchev–Trinajstić information content (AvgIpc) is 2.88. The number of nitrogens with two attached hydrogens (primary N) is 1. The first-order valence-corrected chi connectivity index (χ1v) is 6.44. The van der Waals surface area contributed by atoms with Crippen LogP contribution in [0.15, 0.2) is 28.8 Å². The van der Waals surface area contributed by atoms with E-state index in [2.05, 4.69) is 17.1 Å². The molecule has 0 bridgehead atoms. The Hall–Kier alpha value is -1.88. The van der Waals surface area contributed by atoms with Crippen LogP contribution in [-0.2, 0) is 6.42 Å². The summed E-state index contributed by atoms with van der Waals surface area (Å²) >= 11 is 0. The van der Waals surface area contributed by atoms with E-state index >= 15 is 0 Å². The summed E-state index contributed by atoms with van der Waals surface area (Å²) in [7, 11) is 1.65. The highest BCUT2D eigenvalue weighted by molar-refractivity contribution is 5.30. The van der Waals surface area contributed by atoms with E-state index in [9.17, 15) is 0 Å². The third kappa shape index (κ3) is 3.54. The van der Waals surface area contributed by atoms with E-state index in [0.717, 1.165) is 24.2 Å². The van der Waals surface area contributed by atoms with Crippen molar-refractivity contribution in [3.8, 4) is 5.75 Å². The fourth-order valence-electron chi connectivity index (χ4n) is 1.89. The summed E-state index contributed by atoms with van der Waals surface area (Å²) in [5.41, 5.74) is 7.02. The summed E-state index contributed by atoms with van der Waals surface area (Å²) in [5.74, 6) is 1.98. The second-order valence-electron chi connectivity index (χ2n) is 4.47. The van der Waals surface area contributed by atoms with E-state index in [4.69, 9.17) is 15.0 Å². The topological polar surface area (TPSA) is 74.2 Å². The van der Waals surface area contributed by atoms with Crippen LogP contribution in [0.4, 0.5) is 0 Å². The molecule has 1 aromatic carbocycles. The molecular formula is C14H19N3O2. The summed E-state index contributed by atoms with van der Waals surface area (Å²) in [4.78, 5) is 4.34. The second kappa shape index (κ2) is 6.33. The van der Waals surface area contributed by atoms with Gasteiger partial charge in [-0.3, -0.25) is 0 Å². The minimum atomic E-state index is -0.170. The number of nitrogens with zero attached hydrogens (tertiary/aromatic N) is 2. The first-order valence-electron chi connectivity index (χ1n) is 6.44. The molecule has 2 rings (SSSR count). The van der Waals surface area contributed by atoms with Crippen LogP contribution in [0.25, 0.3) is 0 Å². The molecule has 0 amide bonds. The first kappa shape index (κ1) is 13.5. The highest BCUT2D eigenvalue weighted by atomic mass is 16.5. The number of methoxy groups -OCH3 is 1. The minimum Gasteiger partial charge on any atom is -0.497 e. The second-order valence-corrected chi connectivity index (χ2v) is 4.47. The molecule has 1 atom stereocenters. The largest absolute Gasteiger partial charge is 0.497 e. The number of rotatable bonds is 6. The Kier molecular flexibility index (Phi) is 4.52. The monoisotopic (exact) mass is 261 g/mol. The Morgan fingerprint density at radius 2 is 2.26 bits per heavy atom. The van der Waals surface area contributed by atoms with Gasteiger partial charge in [0.25, 0.3) is 0 Å². The molecular weight excluding hydrogens is 242 g/mol. The molecule has 2 N–H and O–H groups in total. The predicted molar refractivity (Wildman–Crippen MR) is 71.9 cm³/mol. The van der Waals surface area contributed by atoms with Crippen molar-refractivity contribution in [2.24, 2.45) is 5.73 Å². The van der Waals surface area contributed by atoms with Crippen molar-refractivity contribution in [2.75, 3.05) is 7.11 Å². The van der Waals surface area contributed by atoms with Gasteiger partial charge in [-0.05, 0) is 24.1 Å². The summed E-state index contributed by atoms with van der Waals surface area (Å²) in [6.45, 7) is 2.08. The van der Waals surface area contributed by atoms with Gasteiger partial charge >= 0.3 is 0 Å². The van der Waals surface area contributed by atoms with Crippen LogP contribution in [0.5, 0.6) is 5.75 Å². The number of hydrogen-bond acceptors (Lipinski definition) is 5. The minimum absolute atomic E-state index is 0.170. The molecule has 0 aliphatic carbocycles. The van der Waals surface area contributed by atoms with Gasteiger partial charge in [-0.25, -0.2) is 0 Å². The summed E-state index contributed by atoms with van der Waals surface area (Å²) < 4.78 is 10.4. The third-order valence-electron chi connectivity index (χ3n) is 2.90. The van der Waals surface area contributed by atoms with Crippen molar-refractivity contribution in [1.29, 1.82) is 0 Å². The van der Waals surface area contributed by atoms with E-state index in [1.54, 1.807) is 7.11 Å². The van der Waals surface area contributed by atoms with Crippen molar-refractivity contribution in [3.05, 3.63) is 41.5 Å². The molecule has 0 radical (unpaired) electrons. The molecule has 0 saturated carbocycles. The highest BCUT2D eigenvalue weighted by Gasteiger charge is 2.14. The van der Waals surface area contributed by atoms with Crippen LogP contribution in [0.2, 0.25) is 0 Å². The lowest BCUT2D eigenvalue weighted by molar-refractivity contribution is 0.345. The van der Waals surface area contributed by atoms with Crippen LogP contribution in [-0.4, -0.2) is 17.3 Å². The maximum Gasteiger partial charge on any atom is 0.243 e. The van der Waals surface area contributed by atoms with Crippen molar-refractivity contribution < 1.29 is 9.26 Å². The SMILES string of the molecule is CCCC(N)c1nc(Cc2cccc(OC)c2)no1. The lowest BCUT2D eigenvalue weighted by Gasteiger charge is -2.02. The zero-order valence-electron chi connectivity index (χ0n) is 11.3. The van der Waals surface area contributed by atoms with E-state index in [1.165, 1.54) is 0 Å². The standard InChI is InChI=1S/C14H19N3O2/c1-3-5-12(15)14-16-13(17-19-14)9-10-6-4-7-11(8-10)18-2/h4,6-8,12H,3,5,9,15H2,1-2H3. The Bertz CT molecular complexity index is 525. The molecule has 5 nitrogen and oxygen atoms in total. The zero-order chi connectivity index (χ0) is 13.7. The van der Waals surface area contributed by atoms with Gasteiger partial charge in [-0.15, -0.1) is 0 Å². The number of ether oxygens (including phenoxy) is 1. The van der Waals surface area contributed by atoms with E-state index < -0.39 is 0 Å². The zero-order valence-corrected chi connectivity index (χ0v) is 11.3. The molecule has 0 aliphatic rings. The van der Waals surface area contributed by atoms with Crippen LogP contribution < -0.4 is 10.5 Å². The molecule has 1 unspecified atom stereocenters. The van der Waals surface area contributed by atoms with Crippen molar-refractivity contribution >= 4 is 0 Å². The number of hydrogen-bond donors (Lipinski definition) is 1. The Balaban J connectivity index is 2.06. The molecule has 102 valence electrons. The van der Waals surface area contributed by atoms with E-state index in [0.29, 0.717) is 18.1 Å². The van der Waals surface area contributed by atoms with Gasteiger partial charge in [0.05, 0.1) is 13.2 Å². The fourth-order valence-corrected chi connectivity index (χ4v) is 1.89. The van der Waals surface area contributed by atoms with Crippen LogP contribution >= 0.6 is 0 Å². The van der Waals surface area contributed by atoms with Crippen molar-refractivity contribution in [1.82, 2.24) is 10.1 Å². The quantitative estimate of drug-likeness (QED) is 0.864. The lowest BCUT2D eigenvalue weighted by Crippen LogP contribution is -2.10. The van der Waals surface area contributed by atoms with Gasteiger partial charge in [0, 0.05) is 6.42 Å². The van der Waals surface area contributed by atoms with Crippen LogP contribution in [0.3, 0.4) is 0 Å².